The molecule has 0 aliphatic carbocycles. The maximum atomic E-state index is 14.1. The van der Waals surface area contributed by atoms with Gasteiger partial charge in [0.2, 0.25) is 0 Å². The second-order valence-electron chi connectivity index (χ2n) is 7.49. The lowest BCUT2D eigenvalue weighted by Gasteiger charge is -2.03. The van der Waals surface area contributed by atoms with Crippen LogP contribution in [0.3, 0.4) is 0 Å². The fourth-order valence-electron chi connectivity index (χ4n) is 3.64. The molecule has 156 valence electrons. The number of carbonyl (C=O) groups excluding carboxylic acids is 1. The molecule has 0 aliphatic heterocycles. The molecule has 2 heterocycles. The van der Waals surface area contributed by atoms with E-state index >= 15 is 0 Å². The third-order valence-electron chi connectivity index (χ3n) is 5.30. The number of benzene rings is 3. The van der Waals surface area contributed by atoms with Crippen LogP contribution in [0.1, 0.15) is 21.5 Å². The molecular weight excluding hydrogens is 408 g/mol. The molecule has 0 aliphatic rings. The van der Waals surface area contributed by atoms with Crippen LogP contribution < -0.4 is 4.57 Å². The van der Waals surface area contributed by atoms with E-state index in [2.05, 4.69) is 9.97 Å². The van der Waals surface area contributed by atoms with Gasteiger partial charge in [-0.05, 0) is 12.1 Å². The van der Waals surface area contributed by atoms with E-state index in [1.165, 1.54) is 12.1 Å². The van der Waals surface area contributed by atoms with Crippen LogP contribution >= 0.6 is 0 Å². The van der Waals surface area contributed by atoms with Crippen LogP contribution in [0.25, 0.3) is 22.4 Å². The van der Waals surface area contributed by atoms with E-state index < -0.39 is 11.6 Å². The molecule has 6 heteroatoms. The Hall–Kier alpha value is -4.19. The largest absolute Gasteiger partial charge is 0.333 e. The van der Waals surface area contributed by atoms with Crippen LogP contribution in [-0.4, -0.2) is 15.8 Å². The summed E-state index contributed by atoms with van der Waals surface area (Å²) in [6.07, 6.45) is 3.74. The first-order valence-corrected chi connectivity index (χ1v) is 10.1. The summed E-state index contributed by atoms with van der Waals surface area (Å²) >= 11 is 0. The van der Waals surface area contributed by atoms with Gasteiger partial charge in [-0.25, -0.2) is 13.8 Å². The van der Waals surface area contributed by atoms with Crippen molar-refractivity contribution in [1.82, 2.24) is 9.97 Å². The number of ketones is 1. The molecule has 0 radical (unpaired) electrons. The lowest BCUT2D eigenvalue weighted by molar-refractivity contribution is -0.687. The van der Waals surface area contributed by atoms with Crippen molar-refractivity contribution in [3.05, 3.63) is 120 Å². The van der Waals surface area contributed by atoms with Crippen molar-refractivity contribution < 1.29 is 18.1 Å². The highest BCUT2D eigenvalue weighted by molar-refractivity contribution is 6.08. The number of imidazole rings is 1. The number of halogens is 2. The quantitative estimate of drug-likeness (QED) is 0.315. The molecule has 0 fully saturated rings. The Morgan fingerprint density at radius 1 is 0.875 bits per heavy atom. The minimum Gasteiger partial charge on any atom is -0.333 e. The molecule has 0 saturated heterocycles. The summed E-state index contributed by atoms with van der Waals surface area (Å²) in [7, 11) is 0. The summed E-state index contributed by atoms with van der Waals surface area (Å²) in [4.78, 5) is 20.0. The van der Waals surface area contributed by atoms with Crippen molar-refractivity contribution in [1.29, 1.82) is 0 Å². The number of aromatic amines is 1. The van der Waals surface area contributed by atoms with Crippen LogP contribution in [0.5, 0.6) is 0 Å². The average molecular weight is 426 g/mol. The molecule has 5 aromatic rings. The van der Waals surface area contributed by atoms with Crippen molar-refractivity contribution in [3.8, 4) is 11.4 Å². The van der Waals surface area contributed by atoms with Crippen LogP contribution in [0.4, 0.5) is 8.78 Å². The molecule has 1 N–H and O–H groups in total. The van der Waals surface area contributed by atoms with E-state index in [0.29, 0.717) is 28.7 Å². The SMILES string of the molecule is O=C(c1ccccc1)c1ccc(C[n+]2ccc3nc(-c4cccc(F)c4F)[nH]c3c2)cc1. The minimum atomic E-state index is -0.926. The van der Waals surface area contributed by atoms with Gasteiger partial charge in [-0.3, -0.25) is 4.79 Å². The predicted molar refractivity (Wildman–Crippen MR) is 117 cm³/mol. The fraction of sp³-hybridized carbons (Fsp3) is 0.0385. The smallest absolute Gasteiger partial charge is 0.195 e. The summed E-state index contributed by atoms with van der Waals surface area (Å²) < 4.78 is 29.6. The molecule has 5 rings (SSSR count). The Balaban J connectivity index is 1.37. The molecule has 0 bridgehead atoms. The zero-order chi connectivity index (χ0) is 22.1. The molecule has 0 saturated carbocycles. The van der Waals surface area contributed by atoms with E-state index in [9.17, 15) is 13.6 Å². The van der Waals surface area contributed by atoms with Gasteiger partial charge in [0.25, 0.3) is 0 Å². The topological polar surface area (TPSA) is 49.6 Å². The summed E-state index contributed by atoms with van der Waals surface area (Å²) in [6, 6.07) is 22.5. The maximum absolute atomic E-state index is 14.1. The molecule has 0 spiro atoms. The second-order valence-corrected chi connectivity index (χ2v) is 7.49. The monoisotopic (exact) mass is 426 g/mol. The first kappa shape index (κ1) is 19.8. The third kappa shape index (κ3) is 3.78. The molecule has 0 atom stereocenters. The number of pyridine rings is 1. The molecule has 0 unspecified atom stereocenters. The molecule has 4 nitrogen and oxygen atoms in total. The number of nitrogens with zero attached hydrogens (tertiary/aromatic N) is 2. The molecule has 3 aromatic carbocycles. The average Bonchev–Trinajstić information content (AvgIpc) is 3.24. The van der Waals surface area contributed by atoms with Gasteiger partial charge in [-0.2, -0.15) is 4.57 Å². The second kappa shape index (κ2) is 8.15. The maximum Gasteiger partial charge on any atom is 0.195 e. The number of fused-ring (bicyclic) bond motifs is 1. The highest BCUT2D eigenvalue weighted by atomic mass is 19.2. The molecule has 32 heavy (non-hydrogen) atoms. The molecular formula is C26H18F2N3O+. The van der Waals surface area contributed by atoms with E-state index in [1.54, 1.807) is 12.1 Å². The number of H-pyrrole nitrogens is 1. The van der Waals surface area contributed by atoms with Gasteiger partial charge in [0.05, 0.1) is 5.56 Å². The van der Waals surface area contributed by atoms with Crippen LogP contribution in [0.2, 0.25) is 0 Å². The van der Waals surface area contributed by atoms with Gasteiger partial charge in [0.1, 0.15) is 16.9 Å². The Bertz CT molecular complexity index is 1430. The Morgan fingerprint density at radius 3 is 2.41 bits per heavy atom. The van der Waals surface area contributed by atoms with Crippen molar-refractivity contribution in [2.24, 2.45) is 0 Å². The van der Waals surface area contributed by atoms with E-state index in [1.807, 2.05) is 65.5 Å². The summed E-state index contributed by atoms with van der Waals surface area (Å²) in [5.74, 6) is -1.57. The summed E-state index contributed by atoms with van der Waals surface area (Å²) in [6.45, 7) is 0.582. The van der Waals surface area contributed by atoms with Gasteiger partial charge in [-0.15, -0.1) is 0 Å². The van der Waals surface area contributed by atoms with E-state index in [-0.39, 0.29) is 17.2 Å². The normalized spacial score (nSPS) is 11.1. The number of carbonyl (C=O) groups is 1. The summed E-state index contributed by atoms with van der Waals surface area (Å²) in [5, 5.41) is 0. The Labute approximate surface area is 182 Å². The molecule has 2 aromatic heterocycles. The van der Waals surface area contributed by atoms with Crippen LogP contribution in [0.15, 0.2) is 91.3 Å². The Morgan fingerprint density at radius 2 is 1.62 bits per heavy atom. The Kier molecular flexibility index (Phi) is 5.03. The lowest BCUT2D eigenvalue weighted by Crippen LogP contribution is -2.33. The van der Waals surface area contributed by atoms with Crippen molar-refractivity contribution in [3.63, 3.8) is 0 Å². The zero-order valence-electron chi connectivity index (χ0n) is 16.9. The highest BCUT2D eigenvalue weighted by Crippen LogP contribution is 2.24. The predicted octanol–water partition coefficient (Wildman–Crippen LogP) is 5.07. The highest BCUT2D eigenvalue weighted by Gasteiger charge is 2.15. The summed E-state index contributed by atoms with van der Waals surface area (Å²) in [5.41, 5.74) is 3.77. The first-order valence-electron chi connectivity index (χ1n) is 10.1. The van der Waals surface area contributed by atoms with Gasteiger partial charge in [-0.1, -0.05) is 60.7 Å². The van der Waals surface area contributed by atoms with Crippen LogP contribution in [-0.2, 0) is 6.54 Å². The third-order valence-corrected chi connectivity index (χ3v) is 5.30. The van der Waals surface area contributed by atoms with E-state index in [0.717, 1.165) is 11.6 Å². The van der Waals surface area contributed by atoms with Crippen molar-refractivity contribution in [2.75, 3.05) is 0 Å². The minimum absolute atomic E-state index is 0.0132. The van der Waals surface area contributed by atoms with Gasteiger partial charge in [0.15, 0.2) is 36.4 Å². The lowest BCUT2D eigenvalue weighted by atomic mass is 10.0. The number of hydrogen-bond acceptors (Lipinski definition) is 2. The van der Waals surface area contributed by atoms with Gasteiger partial charge < -0.3 is 4.98 Å². The van der Waals surface area contributed by atoms with Crippen molar-refractivity contribution in [2.45, 2.75) is 6.54 Å². The number of hydrogen-bond donors (Lipinski definition) is 1. The number of rotatable bonds is 5. The van der Waals surface area contributed by atoms with Crippen LogP contribution in [0, 0.1) is 11.6 Å². The fourth-order valence-corrected chi connectivity index (χ4v) is 3.64. The molecule has 0 amide bonds. The standard InChI is InChI=1S/C26H17F2N3O/c27-21-8-4-7-20(24(21)28)26-29-22-13-14-31(16-23(22)30-26)15-17-9-11-19(12-10-17)25(32)18-5-2-1-3-6-18/h1-14,16H,15H2/p+1. The van der Waals surface area contributed by atoms with Crippen molar-refractivity contribution >= 4 is 16.8 Å². The zero-order valence-corrected chi connectivity index (χ0v) is 16.9. The van der Waals surface area contributed by atoms with Gasteiger partial charge in [0, 0.05) is 22.8 Å². The van der Waals surface area contributed by atoms with E-state index in [4.69, 9.17) is 0 Å². The number of nitrogens with one attached hydrogen (secondary N) is 1. The van der Waals surface area contributed by atoms with Gasteiger partial charge >= 0.3 is 0 Å². The first-order chi connectivity index (χ1) is 15.6. The number of aromatic nitrogens is 3.